The van der Waals surface area contributed by atoms with E-state index in [4.69, 9.17) is 0 Å². The van der Waals surface area contributed by atoms with Gasteiger partial charge in [-0.3, -0.25) is 9.69 Å². The second-order valence-corrected chi connectivity index (χ2v) is 7.85. The lowest BCUT2D eigenvalue weighted by Crippen LogP contribution is -2.45. The summed E-state index contributed by atoms with van der Waals surface area (Å²) in [6, 6.07) is 9.43. The lowest BCUT2D eigenvalue weighted by Gasteiger charge is -2.34. The molecule has 0 saturated carbocycles. The van der Waals surface area contributed by atoms with Gasteiger partial charge in [0, 0.05) is 48.7 Å². The maximum absolute atomic E-state index is 12.5. The number of aryl methyl sites for hydroxylation is 1. The maximum Gasteiger partial charge on any atom is 0.256 e. The van der Waals surface area contributed by atoms with Crippen LogP contribution in [-0.2, 0) is 6.54 Å². The van der Waals surface area contributed by atoms with Gasteiger partial charge in [-0.15, -0.1) is 11.3 Å². The van der Waals surface area contributed by atoms with Crippen LogP contribution in [0.25, 0.3) is 0 Å². The zero-order chi connectivity index (χ0) is 17.8. The van der Waals surface area contributed by atoms with E-state index in [0.29, 0.717) is 5.56 Å². The van der Waals surface area contributed by atoms with Crippen molar-refractivity contribution in [2.45, 2.75) is 27.3 Å². The Hall–Kier alpha value is -1.69. The number of anilines is 1. The smallest absolute Gasteiger partial charge is 0.256 e. The number of carbonyl (C=O) groups is 1. The Morgan fingerprint density at radius 3 is 2.36 bits per heavy atom. The van der Waals surface area contributed by atoms with Crippen molar-refractivity contribution in [3.63, 3.8) is 0 Å². The topological polar surface area (TPSA) is 35.6 Å². The van der Waals surface area contributed by atoms with Gasteiger partial charge in [0.1, 0.15) is 5.00 Å². The number of thiophene rings is 1. The Labute approximate surface area is 154 Å². The van der Waals surface area contributed by atoms with Crippen LogP contribution in [-0.4, -0.2) is 48.4 Å². The molecule has 1 fully saturated rings. The van der Waals surface area contributed by atoms with Crippen LogP contribution in [0.2, 0.25) is 0 Å². The highest BCUT2D eigenvalue weighted by molar-refractivity contribution is 7.16. The number of amides is 1. The summed E-state index contributed by atoms with van der Waals surface area (Å²) in [5, 5.41) is 4.14. The SMILES string of the molecule is CCN1CCN(Cc2c(NC(=O)c3ccccc3)sc(C)c2C)CC1. The lowest BCUT2D eigenvalue weighted by molar-refractivity contribution is 0.102. The van der Waals surface area contributed by atoms with E-state index in [1.807, 2.05) is 30.3 Å². The summed E-state index contributed by atoms with van der Waals surface area (Å²) in [7, 11) is 0. The van der Waals surface area contributed by atoms with Gasteiger partial charge in [-0.1, -0.05) is 25.1 Å². The summed E-state index contributed by atoms with van der Waals surface area (Å²) in [4.78, 5) is 18.8. The molecule has 1 aliphatic heterocycles. The molecule has 1 amide bonds. The van der Waals surface area contributed by atoms with Crippen molar-refractivity contribution in [1.29, 1.82) is 0 Å². The molecule has 0 spiro atoms. The highest BCUT2D eigenvalue weighted by atomic mass is 32.1. The number of carbonyl (C=O) groups excluding carboxylic acids is 1. The average Bonchev–Trinajstić information content (AvgIpc) is 2.90. The van der Waals surface area contributed by atoms with E-state index >= 15 is 0 Å². The van der Waals surface area contributed by atoms with Gasteiger partial charge < -0.3 is 10.2 Å². The maximum atomic E-state index is 12.5. The molecule has 3 rings (SSSR count). The minimum Gasteiger partial charge on any atom is -0.313 e. The van der Waals surface area contributed by atoms with Crippen molar-refractivity contribution in [3.05, 3.63) is 51.9 Å². The van der Waals surface area contributed by atoms with Gasteiger partial charge in [-0.05, 0) is 38.1 Å². The Morgan fingerprint density at radius 2 is 1.72 bits per heavy atom. The first-order valence-corrected chi connectivity index (χ1v) is 9.80. The van der Waals surface area contributed by atoms with Crippen LogP contribution in [0.15, 0.2) is 30.3 Å². The number of rotatable bonds is 5. The zero-order valence-corrected chi connectivity index (χ0v) is 16.2. The molecule has 0 radical (unpaired) electrons. The molecule has 0 atom stereocenters. The average molecular weight is 358 g/mol. The number of likely N-dealkylation sites (N-methyl/N-ethyl adjacent to an activating group) is 1. The molecule has 1 N–H and O–H groups in total. The first-order valence-electron chi connectivity index (χ1n) is 8.98. The van der Waals surface area contributed by atoms with Gasteiger partial charge in [0.25, 0.3) is 5.91 Å². The van der Waals surface area contributed by atoms with Crippen LogP contribution in [0.4, 0.5) is 5.00 Å². The summed E-state index contributed by atoms with van der Waals surface area (Å²) in [6.45, 7) is 13.0. The summed E-state index contributed by atoms with van der Waals surface area (Å²) in [5.74, 6) is -0.0288. The molecular formula is C20H27N3OS. The Kier molecular flexibility index (Phi) is 5.89. The molecule has 4 nitrogen and oxygen atoms in total. The molecule has 0 unspecified atom stereocenters. The number of piperazine rings is 1. The number of nitrogens with one attached hydrogen (secondary N) is 1. The molecular weight excluding hydrogens is 330 g/mol. The van der Waals surface area contributed by atoms with E-state index in [9.17, 15) is 4.79 Å². The van der Waals surface area contributed by atoms with Gasteiger partial charge in [-0.2, -0.15) is 0 Å². The van der Waals surface area contributed by atoms with E-state index in [0.717, 1.165) is 44.3 Å². The third-order valence-electron chi connectivity index (χ3n) is 5.07. The minimum atomic E-state index is -0.0288. The van der Waals surface area contributed by atoms with Gasteiger partial charge in [0.15, 0.2) is 0 Å². The minimum absolute atomic E-state index is 0.0288. The summed E-state index contributed by atoms with van der Waals surface area (Å²) in [6.07, 6.45) is 0. The van der Waals surface area contributed by atoms with E-state index in [1.54, 1.807) is 11.3 Å². The standard InChI is InChI=1S/C20H27N3OS/c1-4-22-10-12-23(13-11-22)14-18-15(2)16(3)25-20(18)21-19(24)17-8-6-5-7-9-17/h5-9H,4,10-14H2,1-3H3,(H,21,24). The molecule has 1 aromatic carbocycles. The highest BCUT2D eigenvalue weighted by Gasteiger charge is 2.21. The van der Waals surface area contributed by atoms with Crippen LogP contribution in [0.3, 0.4) is 0 Å². The first-order chi connectivity index (χ1) is 12.1. The van der Waals surface area contributed by atoms with Crippen LogP contribution < -0.4 is 5.32 Å². The van der Waals surface area contributed by atoms with Crippen molar-refractivity contribution >= 4 is 22.2 Å². The normalized spacial score (nSPS) is 16.1. The molecule has 1 saturated heterocycles. The Morgan fingerprint density at radius 1 is 1.08 bits per heavy atom. The zero-order valence-electron chi connectivity index (χ0n) is 15.3. The molecule has 2 heterocycles. The number of benzene rings is 1. The second kappa shape index (κ2) is 8.13. The van der Waals surface area contributed by atoms with E-state index in [-0.39, 0.29) is 5.91 Å². The van der Waals surface area contributed by atoms with Crippen LogP contribution in [0.5, 0.6) is 0 Å². The van der Waals surface area contributed by atoms with Crippen LogP contribution in [0, 0.1) is 13.8 Å². The third-order valence-corrected chi connectivity index (χ3v) is 6.23. The predicted octanol–water partition coefficient (Wildman–Crippen LogP) is 3.75. The van der Waals surface area contributed by atoms with Gasteiger partial charge in [-0.25, -0.2) is 0 Å². The van der Waals surface area contributed by atoms with Gasteiger partial charge in [0.05, 0.1) is 0 Å². The monoisotopic (exact) mass is 357 g/mol. The van der Waals surface area contributed by atoms with Gasteiger partial charge in [0.2, 0.25) is 0 Å². The summed E-state index contributed by atoms with van der Waals surface area (Å²) >= 11 is 1.69. The van der Waals surface area contributed by atoms with Crippen molar-refractivity contribution < 1.29 is 4.79 Å². The quantitative estimate of drug-likeness (QED) is 0.885. The summed E-state index contributed by atoms with van der Waals surface area (Å²) in [5.41, 5.74) is 3.29. The second-order valence-electron chi connectivity index (χ2n) is 6.62. The van der Waals surface area contributed by atoms with E-state index < -0.39 is 0 Å². The van der Waals surface area contributed by atoms with E-state index in [1.165, 1.54) is 16.0 Å². The number of nitrogens with zero attached hydrogens (tertiary/aromatic N) is 2. The molecule has 0 bridgehead atoms. The van der Waals surface area contributed by atoms with Crippen molar-refractivity contribution in [3.8, 4) is 0 Å². The Bertz CT molecular complexity index is 718. The number of hydrogen-bond acceptors (Lipinski definition) is 4. The molecule has 1 aliphatic rings. The van der Waals surface area contributed by atoms with Crippen LogP contribution >= 0.6 is 11.3 Å². The Balaban J connectivity index is 1.73. The van der Waals surface area contributed by atoms with Crippen molar-refractivity contribution in [1.82, 2.24) is 9.80 Å². The largest absolute Gasteiger partial charge is 0.313 e. The fraction of sp³-hybridized carbons (Fsp3) is 0.450. The molecule has 0 aliphatic carbocycles. The summed E-state index contributed by atoms with van der Waals surface area (Å²) < 4.78 is 0. The third kappa shape index (κ3) is 4.29. The fourth-order valence-corrected chi connectivity index (χ4v) is 4.28. The first kappa shape index (κ1) is 18.1. The molecule has 25 heavy (non-hydrogen) atoms. The molecule has 5 heteroatoms. The molecule has 134 valence electrons. The van der Waals surface area contributed by atoms with Crippen molar-refractivity contribution in [2.75, 3.05) is 38.0 Å². The molecule has 2 aromatic rings. The number of hydrogen-bond donors (Lipinski definition) is 1. The predicted molar refractivity (Wildman–Crippen MR) is 106 cm³/mol. The van der Waals surface area contributed by atoms with Gasteiger partial charge >= 0.3 is 0 Å². The van der Waals surface area contributed by atoms with Crippen LogP contribution in [0.1, 0.15) is 33.3 Å². The van der Waals surface area contributed by atoms with E-state index in [2.05, 4.69) is 35.9 Å². The highest BCUT2D eigenvalue weighted by Crippen LogP contribution is 2.34. The molecule has 1 aromatic heterocycles. The fourth-order valence-electron chi connectivity index (χ4n) is 3.22. The van der Waals surface area contributed by atoms with Crippen molar-refractivity contribution in [2.24, 2.45) is 0 Å². The lowest BCUT2D eigenvalue weighted by atomic mass is 10.1.